The fourth-order valence-electron chi connectivity index (χ4n) is 2.89. The van der Waals surface area contributed by atoms with E-state index in [0.717, 1.165) is 44.7 Å². The Bertz CT molecular complexity index is 490. The van der Waals surface area contributed by atoms with Crippen LogP contribution in [0.25, 0.3) is 0 Å². The first-order valence-electron chi connectivity index (χ1n) is 7.13. The van der Waals surface area contributed by atoms with Crippen molar-refractivity contribution in [3.05, 3.63) is 23.4 Å². The summed E-state index contributed by atoms with van der Waals surface area (Å²) in [6, 6.07) is 3.84. The van der Waals surface area contributed by atoms with E-state index in [1.165, 1.54) is 0 Å². The van der Waals surface area contributed by atoms with Crippen molar-refractivity contribution in [3.8, 4) is 0 Å². The number of carbonyl (C=O) groups excluding carboxylic acids is 1. The number of nitrogens with one attached hydrogen (secondary N) is 2. The molecule has 0 spiro atoms. The van der Waals surface area contributed by atoms with Crippen molar-refractivity contribution in [2.45, 2.75) is 31.3 Å². The van der Waals surface area contributed by atoms with E-state index in [0.29, 0.717) is 5.02 Å². The van der Waals surface area contributed by atoms with Gasteiger partial charge in [0.2, 0.25) is 5.91 Å². The molecular weight excluding hydrogens is 276 g/mol. The van der Waals surface area contributed by atoms with Gasteiger partial charge in [0.25, 0.3) is 0 Å². The average molecular weight is 295 g/mol. The van der Waals surface area contributed by atoms with Gasteiger partial charge in [-0.3, -0.25) is 4.79 Å². The predicted molar refractivity (Wildman–Crippen MR) is 79.0 cm³/mol. The minimum Gasteiger partial charge on any atom is -0.353 e. The smallest absolute Gasteiger partial charge is 0.237 e. The third-order valence-electron chi connectivity index (χ3n) is 3.95. The van der Waals surface area contributed by atoms with Crippen LogP contribution in [0.1, 0.15) is 19.3 Å². The van der Waals surface area contributed by atoms with Crippen molar-refractivity contribution in [1.82, 2.24) is 15.6 Å². The van der Waals surface area contributed by atoms with Crippen LogP contribution in [0.5, 0.6) is 0 Å². The van der Waals surface area contributed by atoms with Gasteiger partial charge in [-0.2, -0.15) is 0 Å². The summed E-state index contributed by atoms with van der Waals surface area (Å²) in [5, 5.41) is 7.01. The Balaban J connectivity index is 1.57. The maximum absolute atomic E-state index is 12.1. The number of hydrogen-bond donors (Lipinski definition) is 2. The van der Waals surface area contributed by atoms with E-state index < -0.39 is 0 Å². The van der Waals surface area contributed by atoms with E-state index in [1.54, 1.807) is 6.20 Å². The molecule has 1 unspecified atom stereocenters. The fraction of sp³-hybridized carbons (Fsp3) is 0.571. The zero-order chi connectivity index (χ0) is 13.9. The molecule has 0 saturated carbocycles. The van der Waals surface area contributed by atoms with E-state index in [-0.39, 0.29) is 18.0 Å². The summed E-state index contributed by atoms with van der Waals surface area (Å²) in [6.45, 7) is 2.59. The van der Waals surface area contributed by atoms with Gasteiger partial charge in [0.1, 0.15) is 5.82 Å². The van der Waals surface area contributed by atoms with Gasteiger partial charge in [-0.05, 0) is 37.9 Å². The highest BCUT2D eigenvalue weighted by Crippen LogP contribution is 2.25. The highest BCUT2D eigenvalue weighted by molar-refractivity contribution is 6.32. The zero-order valence-corrected chi connectivity index (χ0v) is 12.1. The number of pyridine rings is 1. The lowest BCUT2D eigenvalue weighted by molar-refractivity contribution is -0.123. The van der Waals surface area contributed by atoms with Crippen LogP contribution in [-0.2, 0) is 4.79 Å². The van der Waals surface area contributed by atoms with Gasteiger partial charge in [-0.15, -0.1) is 0 Å². The van der Waals surface area contributed by atoms with Crippen LogP contribution in [0.3, 0.4) is 0 Å². The van der Waals surface area contributed by atoms with Gasteiger partial charge in [0.15, 0.2) is 0 Å². The third kappa shape index (κ3) is 2.88. The first kappa shape index (κ1) is 13.6. The summed E-state index contributed by atoms with van der Waals surface area (Å²) in [5.74, 6) is 0.936. The summed E-state index contributed by atoms with van der Waals surface area (Å²) in [6.07, 6.45) is 4.70. The van der Waals surface area contributed by atoms with E-state index in [4.69, 9.17) is 11.6 Å². The van der Waals surface area contributed by atoms with E-state index in [1.807, 2.05) is 12.1 Å². The Labute approximate surface area is 123 Å². The van der Waals surface area contributed by atoms with Gasteiger partial charge in [0, 0.05) is 25.3 Å². The zero-order valence-electron chi connectivity index (χ0n) is 11.3. The monoisotopic (exact) mass is 294 g/mol. The van der Waals surface area contributed by atoms with Crippen molar-refractivity contribution >= 4 is 23.3 Å². The highest BCUT2D eigenvalue weighted by Gasteiger charge is 2.29. The molecule has 6 heteroatoms. The molecule has 2 N–H and O–H groups in total. The molecule has 3 heterocycles. The molecule has 108 valence electrons. The van der Waals surface area contributed by atoms with Crippen molar-refractivity contribution < 1.29 is 4.79 Å². The minimum absolute atomic E-state index is 0.0116. The quantitative estimate of drug-likeness (QED) is 0.879. The fourth-order valence-corrected chi connectivity index (χ4v) is 3.13. The number of carbonyl (C=O) groups is 1. The maximum atomic E-state index is 12.1. The lowest BCUT2D eigenvalue weighted by atomic mass is 10.2. The molecule has 5 nitrogen and oxygen atoms in total. The molecule has 1 aromatic rings. The highest BCUT2D eigenvalue weighted by atomic mass is 35.5. The molecule has 0 radical (unpaired) electrons. The van der Waals surface area contributed by atoms with Crippen LogP contribution in [0.15, 0.2) is 18.3 Å². The first-order valence-corrected chi connectivity index (χ1v) is 7.51. The Morgan fingerprint density at radius 2 is 2.40 bits per heavy atom. The molecule has 3 rings (SSSR count). The Hall–Kier alpha value is -1.33. The molecule has 2 atom stereocenters. The maximum Gasteiger partial charge on any atom is 0.237 e. The second-order valence-electron chi connectivity index (χ2n) is 5.40. The predicted octanol–water partition coefficient (Wildman–Crippen LogP) is 1.18. The van der Waals surface area contributed by atoms with Gasteiger partial charge in [-0.1, -0.05) is 11.6 Å². The number of aromatic nitrogens is 1. The van der Waals surface area contributed by atoms with Crippen LogP contribution in [0, 0.1) is 0 Å². The number of anilines is 1. The van der Waals surface area contributed by atoms with Crippen LogP contribution in [-0.4, -0.2) is 42.6 Å². The lowest BCUT2D eigenvalue weighted by Crippen LogP contribution is -2.46. The SMILES string of the molecule is O=C(NC1CCN(c2ncccc2Cl)C1)[C@@H]1CCCN1. The average Bonchev–Trinajstić information content (AvgIpc) is 3.10. The van der Waals surface area contributed by atoms with Crippen LogP contribution >= 0.6 is 11.6 Å². The molecule has 0 bridgehead atoms. The van der Waals surface area contributed by atoms with E-state index in [9.17, 15) is 4.79 Å². The van der Waals surface area contributed by atoms with Crippen molar-refractivity contribution in [1.29, 1.82) is 0 Å². The van der Waals surface area contributed by atoms with Gasteiger partial charge < -0.3 is 15.5 Å². The van der Waals surface area contributed by atoms with Gasteiger partial charge in [0.05, 0.1) is 11.1 Å². The minimum atomic E-state index is -0.0116. The number of hydrogen-bond acceptors (Lipinski definition) is 4. The summed E-state index contributed by atoms with van der Waals surface area (Å²) in [7, 11) is 0. The third-order valence-corrected chi connectivity index (χ3v) is 4.25. The summed E-state index contributed by atoms with van der Waals surface area (Å²) >= 11 is 6.16. The summed E-state index contributed by atoms with van der Waals surface area (Å²) < 4.78 is 0. The van der Waals surface area contributed by atoms with Gasteiger partial charge in [-0.25, -0.2) is 4.98 Å². The van der Waals surface area contributed by atoms with Crippen molar-refractivity contribution in [2.24, 2.45) is 0 Å². The summed E-state index contributed by atoms with van der Waals surface area (Å²) in [5.41, 5.74) is 0. The van der Waals surface area contributed by atoms with Crippen LogP contribution < -0.4 is 15.5 Å². The molecule has 0 aromatic carbocycles. The first-order chi connectivity index (χ1) is 9.74. The Kier molecular flexibility index (Phi) is 4.08. The standard InChI is InChI=1S/C14H19ClN4O/c15-11-3-1-7-17-13(11)19-8-5-10(9-19)18-14(20)12-4-2-6-16-12/h1,3,7,10,12,16H,2,4-6,8-9H2,(H,18,20)/t10?,12-/m0/s1. The van der Waals surface area contributed by atoms with Crippen LogP contribution in [0.4, 0.5) is 5.82 Å². The largest absolute Gasteiger partial charge is 0.353 e. The molecular formula is C14H19ClN4O. The molecule has 1 aromatic heterocycles. The van der Waals surface area contributed by atoms with Crippen molar-refractivity contribution in [3.63, 3.8) is 0 Å². The van der Waals surface area contributed by atoms with E-state index >= 15 is 0 Å². The Morgan fingerprint density at radius 3 is 3.15 bits per heavy atom. The normalized spacial score (nSPS) is 25.9. The molecule has 2 aliphatic rings. The number of halogens is 1. The second-order valence-corrected chi connectivity index (χ2v) is 5.81. The molecule has 0 aliphatic carbocycles. The molecule has 2 fully saturated rings. The molecule has 2 saturated heterocycles. The molecule has 2 aliphatic heterocycles. The number of amides is 1. The van der Waals surface area contributed by atoms with Crippen molar-refractivity contribution in [2.75, 3.05) is 24.5 Å². The topological polar surface area (TPSA) is 57.3 Å². The molecule has 1 amide bonds. The second kappa shape index (κ2) is 5.97. The molecule has 20 heavy (non-hydrogen) atoms. The van der Waals surface area contributed by atoms with Crippen LogP contribution in [0.2, 0.25) is 5.02 Å². The summed E-state index contributed by atoms with van der Waals surface area (Å²) in [4.78, 5) is 18.5. The number of rotatable bonds is 3. The van der Waals surface area contributed by atoms with E-state index in [2.05, 4.69) is 20.5 Å². The Morgan fingerprint density at radius 1 is 1.50 bits per heavy atom. The lowest BCUT2D eigenvalue weighted by Gasteiger charge is -2.20. The number of nitrogens with zero attached hydrogens (tertiary/aromatic N) is 2. The van der Waals surface area contributed by atoms with Gasteiger partial charge >= 0.3 is 0 Å².